The van der Waals surface area contributed by atoms with Gasteiger partial charge in [0.2, 0.25) is 0 Å². The van der Waals surface area contributed by atoms with E-state index in [1.54, 1.807) is 0 Å². The van der Waals surface area contributed by atoms with Crippen molar-refractivity contribution in [2.75, 3.05) is 0 Å². The van der Waals surface area contributed by atoms with Crippen molar-refractivity contribution in [3.8, 4) is 0 Å². The van der Waals surface area contributed by atoms with Gasteiger partial charge >= 0.3 is 35.8 Å². The third-order valence-electron chi connectivity index (χ3n) is 4.14. The summed E-state index contributed by atoms with van der Waals surface area (Å²) < 4.78 is 0. The zero-order valence-electron chi connectivity index (χ0n) is 18.7. The molecule has 0 unspecified atom stereocenters. The van der Waals surface area contributed by atoms with Gasteiger partial charge in [0, 0.05) is 77.2 Å². The van der Waals surface area contributed by atoms with Gasteiger partial charge in [-0.15, -0.1) is 0 Å². The van der Waals surface area contributed by atoms with Crippen molar-refractivity contribution in [3.05, 3.63) is 106 Å². The molecular formula is C24H18O12Tb2. The molecular weight excluding hydrogens is 798 g/mol. The van der Waals surface area contributed by atoms with Crippen molar-refractivity contribution in [2.24, 2.45) is 0 Å². The predicted octanol–water partition coefficient (Wildman–Crippen LogP) is 3.25. The Hall–Kier alpha value is -2.95. The second-order valence-corrected chi connectivity index (χ2v) is 6.56. The fraction of sp³-hybridized carbons (Fsp3) is 0. The van der Waals surface area contributed by atoms with Crippen LogP contribution in [0.4, 0.5) is 0 Å². The van der Waals surface area contributed by atoms with E-state index in [1.165, 1.54) is 72.8 Å². The summed E-state index contributed by atoms with van der Waals surface area (Å²) in [7, 11) is 0. The molecule has 14 heteroatoms. The van der Waals surface area contributed by atoms with E-state index >= 15 is 0 Å². The fourth-order valence-corrected chi connectivity index (χ4v) is 2.27. The Labute approximate surface area is 275 Å². The number of hydrogen-bond acceptors (Lipinski definition) is 6. The van der Waals surface area contributed by atoms with Crippen molar-refractivity contribution in [3.63, 3.8) is 0 Å². The van der Waals surface area contributed by atoms with Crippen LogP contribution in [0.3, 0.4) is 0 Å². The molecule has 0 saturated heterocycles. The van der Waals surface area contributed by atoms with Crippen molar-refractivity contribution < 1.29 is 137 Å². The maximum atomic E-state index is 10.3. The van der Waals surface area contributed by atoms with Crippen LogP contribution in [0, 0.1) is 77.2 Å². The Morgan fingerprint density at radius 3 is 0.421 bits per heavy atom. The standard InChI is InChI=1S/3C8H6O4.2Tb/c3*9-7(10)5-1-2-6(4-3-5)8(11)12;;/h3*1-4H,(H,9,10)(H,11,12);;. The maximum Gasteiger partial charge on any atom is 0.335 e. The van der Waals surface area contributed by atoms with Crippen molar-refractivity contribution >= 4 is 35.8 Å². The topological polar surface area (TPSA) is 224 Å². The first-order valence-electron chi connectivity index (χ1n) is 9.53. The fourth-order valence-electron chi connectivity index (χ4n) is 2.27. The Morgan fingerprint density at radius 1 is 0.289 bits per heavy atom. The molecule has 3 aromatic carbocycles. The molecule has 3 aromatic rings. The van der Waals surface area contributed by atoms with E-state index in [1.807, 2.05) is 0 Å². The van der Waals surface area contributed by atoms with Gasteiger partial charge in [-0.25, -0.2) is 28.8 Å². The van der Waals surface area contributed by atoms with Crippen LogP contribution in [-0.4, -0.2) is 66.5 Å². The Kier molecular flexibility index (Phi) is 17.9. The van der Waals surface area contributed by atoms with Gasteiger partial charge in [-0.1, -0.05) is 0 Å². The van der Waals surface area contributed by atoms with E-state index < -0.39 is 35.8 Å². The first kappa shape index (κ1) is 37.2. The summed E-state index contributed by atoms with van der Waals surface area (Å²) in [6.45, 7) is 0. The Bertz CT molecular complexity index is 1010. The molecule has 204 valence electrons. The first-order chi connectivity index (χ1) is 16.8. The summed E-state index contributed by atoms with van der Waals surface area (Å²) in [4.78, 5) is 62.0. The van der Waals surface area contributed by atoms with Crippen LogP contribution in [0.1, 0.15) is 62.1 Å². The normalized spacial score (nSPS) is 8.84. The van der Waals surface area contributed by atoms with Gasteiger partial charge in [-0.3, -0.25) is 0 Å². The Balaban J connectivity index is 0. The molecule has 0 aliphatic carbocycles. The number of rotatable bonds is 6. The van der Waals surface area contributed by atoms with Gasteiger partial charge in [0.1, 0.15) is 0 Å². The number of benzene rings is 3. The predicted molar refractivity (Wildman–Crippen MR) is 121 cm³/mol. The molecule has 0 aliphatic rings. The number of carbonyl (C=O) groups is 6. The largest absolute Gasteiger partial charge is 0.478 e. The zero-order valence-corrected chi connectivity index (χ0v) is 23.0. The number of carboxylic acid groups (broad SMARTS) is 6. The molecule has 38 heavy (non-hydrogen) atoms. The van der Waals surface area contributed by atoms with Crippen molar-refractivity contribution in [1.82, 2.24) is 0 Å². The van der Waals surface area contributed by atoms with Gasteiger partial charge in [0.25, 0.3) is 0 Å². The molecule has 6 N–H and O–H groups in total. The van der Waals surface area contributed by atoms with E-state index in [4.69, 9.17) is 30.6 Å². The third kappa shape index (κ3) is 13.0. The molecule has 0 fully saturated rings. The number of hydrogen-bond donors (Lipinski definition) is 6. The summed E-state index contributed by atoms with van der Waals surface area (Å²) >= 11 is 0. The van der Waals surface area contributed by atoms with Gasteiger partial charge in [0.15, 0.2) is 0 Å². The van der Waals surface area contributed by atoms with E-state index in [9.17, 15) is 28.8 Å². The second-order valence-electron chi connectivity index (χ2n) is 6.56. The molecule has 0 aliphatic heterocycles. The number of carboxylic acids is 6. The van der Waals surface area contributed by atoms with Crippen LogP contribution in [0.15, 0.2) is 72.8 Å². The molecule has 3 rings (SSSR count). The molecule has 0 aromatic heterocycles. The van der Waals surface area contributed by atoms with Crippen LogP contribution in [0.2, 0.25) is 0 Å². The van der Waals surface area contributed by atoms with E-state index in [-0.39, 0.29) is 111 Å². The van der Waals surface area contributed by atoms with Gasteiger partial charge < -0.3 is 30.6 Å². The SMILES string of the molecule is O=C(O)c1ccc(C(=O)O)cc1.O=C(O)c1ccc(C(=O)O)cc1.O=C(O)c1ccc(C(=O)O)cc1.[Tb].[Tb]. The monoisotopic (exact) mass is 816 g/mol. The minimum atomic E-state index is -1.06. The molecule has 0 amide bonds. The zero-order chi connectivity index (χ0) is 27.4. The number of aromatic carboxylic acids is 6. The molecule has 0 spiro atoms. The van der Waals surface area contributed by atoms with Crippen LogP contribution in [-0.2, 0) is 0 Å². The van der Waals surface area contributed by atoms with E-state index in [0.717, 1.165) is 0 Å². The summed E-state index contributed by atoms with van der Waals surface area (Å²) in [6.07, 6.45) is 0. The maximum absolute atomic E-state index is 10.3. The van der Waals surface area contributed by atoms with Gasteiger partial charge in [-0.2, -0.15) is 0 Å². The van der Waals surface area contributed by atoms with E-state index in [0.29, 0.717) is 0 Å². The molecule has 0 heterocycles. The van der Waals surface area contributed by atoms with Crippen molar-refractivity contribution in [1.29, 1.82) is 0 Å². The molecule has 12 nitrogen and oxygen atoms in total. The smallest absolute Gasteiger partial charge is 0.335 e. The van der Waals surface area contributed by atoms with Crippen LogP contribution >= 0.6 is 0 Å². The van der Waals surface area contributed by atoms with Gasteiger partial charge in [0.05, 0.1) is 33.4 Å². The summed E-state index contributed by atoms with van der Waals surface area (Å²) in [5, 5.41) is 50.8. The third-order valence-corrected chi connectivity index (χ3v) is 4.14. The average molecular weight is 816 g/mol. The van der Waals surface area contributed by atoms with Crippen molar-refractivity contribution in [2.45, 2.75) is 0 Å². The summed E-state index contributed by atoms with van der Waals surface area (Å²) in [5.74, 6) is -6.38. The van der Waals surface area contributed by atoms with Gasteiger partial charge in [-0.05, 0) is 72.8 Å². The minimum Gasteiger partial charge on any atom is -0.478 e. The Morgan fingerprint density at radius 2 is 0.368 bits per heavy atom. The molecule has 2 radical (unpaired) electrons. The quantitative estimate of drug-likeness (QED) is 0.211. The average Bonchev–Trinajstić information content (AvgIpc) is 2.84. The summed E-state index contributed by atoms with van der Waals surface area (Å²) in [6, 6.07) is 15.1. The van der Waals surface area contributed by atoms with Crippen LogP contribution in [0.25, 0.3) is 0 Å². The summed E-state index contributed by atoms with van der Waals surface area (Å²) in [5.41, 5.74) is 0.500. The van der Waals surface area contributed by atoms with Crippen LogP contribution < -0.4 is 0 Å². The second kappa shape index (κ2) is 18.3. The first-order valence-corrected chi connectivity index (χ1v) is 9.53. The molecule has 0 bridgehead atoms. The molecule has 0 saturated carbocycles. The minimum absolute atomic E-state index is 0. The molecule has 0 atom stereocenters. The van der Waals surface area contributed by atoms with E-state index in [2.05, 4.69) is 0 Å². The van der Waals surface area contributed by atoms with Crippen LogP contribution in [0.5, 0.6) is 0 Å².